The Morgan fingerprint density at radius 1 is 1.11 bits per heavy atom. The van der Waals surface area contributed by atoms with Crippen molar-refractivity contribution in [1.29, 1.82) is 0 Å². The van der Waals surface area contributed by atoms with Crippen LogP contribution >= 0.6 is 12.2 Å². The SMILES string of the molecule is C[C@@H]1c2cc3c(cc2C2(CCCC2)CN1Cn1nc(-c2cccnc2)n(C2CC2)c1=S)OCCO3. The van der Waals surface area contributed by atoms with Crippen LogP contribution in [0, 0.1) is 4.77 Å². The summed E-state index contributed by atoms with van der Waals surface area (Å²) in [5, 5.41) is 5.06. The molecule has 0 radical (unpaired) electrons. The topological polar surface area (TPSA) is 57.3 Å². The van der Waals surface area contributed by atoms with E-state index in [4.69, 9.17) is 26.8 Å². The molecule has 1 aromatic carbocycles. The zero-order valence-electron chi connectivity index (χ0n) is 20.2. The predicted molar refractivity (Wildman–Crippen MR) is 135 cm³/mol. The van der Waals surface area contributed by atoms with Crippen LogP contribution in [0.1, 0.15) is 68.7 Å². The van der Waals surface area contributed by atoms with Crippen LogP contribution in [0.15, 0.2) is 36.7 Å². The maximum Gasteiger partial charge on any atom is 0.199 e. The lowest BCUT2D eigenvalue weighted by molar-refractivity contribution is 0.0929. The zero-order valence-corrected chi connectivity index (χ0v) is 21.0. The van der Waals surface area contributed by atoms with Crippen molar-refractivity contribution in [3.05, 3.63) is 52.6 Å². The molecule has 0 saturated heterocycles. The summed E-state index contributed by atoms with van der Waals surface area (Å²) in [6.07, 6.45) is 11.0. The van der Waals surface area contributed by atoms with Crippen molar-refractivity contribution in [3.8, 4) is 22.9 Å². The van der Waals surface area contributed by atoms with E-state index in [2.05, 4.69) is 39.6 Å². The van der Waals surface area contributed by atoms with Gasteiger partial charge in [-0.1, -0.05) is 12.8 Å². The monoisotopic (exact) mass is 489 g/mol. The average molecular weight is 490 g/mol. The largest absolute Gasteiger partial charge is 0.486 e. The molecule has 0 bridgehead atoms. The van der Waals surface area contributed by atoms with Crippen molar-refractivity contribution in [3.63, 3.8) is 0 Å². The summed E-state index contributed by atoms with van der Waals surface area (Å²) >= 11 is 6.00. The first kappa shape index (κ1) is 21.6. The number of fused-ring (bicyclic) bond motifs is 3. The quantitative estimate of drug-likeness (QED) is 0.456. The van der Waals surface area contributed by atoms with E-state index in [0.717, 1.165) is 47.0 Å². The van der Waals surface area contributed by atoms with Gasteiger partial charge in [0.1, 0.15) is 13.2 Å². The van der Waals surface area contributed by atoms with Gasteiger partial charge in [0.05, 0.1) is 6.67 Å². The minimum atomic E-state index is 0.158. The number of benzene rings is 1. The van der Waals surface area contributed by atoms with Crippen LogP contribution in [0.2, 0.25) is 0 Å². The minimum Gasteiger partial charge on any atom is -0.486 e. The summed E-state index contributed by atoms with van der Waals surface area (Å²) in [6.45, 7) is 5.24. The van der Waals surface area contributed by atoms with Crippen LogP contribution in [-0.4, -0.2) is 44.0 Å². The highest BCUT2D eigenvalue weighted by Crippen LogP contribution is 2.52. The van der Waals surface area contributed by atoms with Gasteiger partial charge in [0.15, 0.2) is 22.1 Å². The molecule has 2 aliphatic heterocycles. The summed E-state index contributed by atoms with van der Waals surface area (Å²) in [5.41, 5.74) is 4.01. The molecule has 0 N–H and O–H groups in total. The Bertz CT molecular complexity index is 1320. The van der Waals surface area contributed by atoms with E-state index in [1.165, 1.54) is 36.8 Å². The van der Waals surface area contributed by atoms with E-state index in [9.17, 15) is 0 Å². The van der Waals surface area contributed by atoms with Gasteiger partial charge in [0.25, 0.3) is 0 Å². The maximum absolute atomic E-state index is 6.00. The fourth-order valence-electron chi connectivity index (χ4n) is 6.41. The number of ether oxygens (including phenoxy) is 2. The van der Waals surface area contributed by atoms with Crippen molar-refractivity contribution < 1.29 is 9.47 Å². The molecule has 2 fully saturated rings. The van der Waals surface area contributed by atoms with Crippen LogP contribution < -0.4 is 9.47 Å². The van der Waals surface area contributed by atoms with E-state index in [1.807, 2.05) is 16.9 Å². The minimum absolute atomic E-state index is 0.158. The van der Waals surface area contributed by atoms with E-state index in [-0.39, 0.29) is 11.5 Å². The molecule has 182 valence electrons. The molecule has 7 rings (SSSR count). The van der Waals surface area contributed by atoms with Gasteiger partial charge in [-0.25, -0.2) is 4.68 Å². The number of hydrogen-bond acceptors (Lipinski definition) is 6. The highest BCUT2D eigenvalue weighted by molar-refractivity contribution is 7.71. The lowest BCUT2D eigenvalue weighted by Gasteiger charge is -2.46. The second-order valence-corrected chi connectivity index (χ2v) is 10.9. The number of aromatic nitrogens is 4. The molecule has 1 spiro atoms. The van der Waals surface area contributed by atoms with Gasteiger partial charge in [-0.3, -0.25) is 14.5 Å². The van der Waals surface area contributed by atoms with Gasteiger partial charge in [0, 0.05) is 42.0 Å². The van der Waals surface area contributed by atoms with E-state index in [1.54, 1.807) is 6.20 Å². The maximum atomic E-state index is 6.00. The Kier molecular flexibility index (Phi) is 5.03. The number of rotatable bonds is 4. The summed E-state index contributed by atoms with van der Waals surface area (Å²) in [4.78, 5) is 6.89. The Labute approximate surface area is 210 Å². The molecule has 3 aromatic rings. The molecule has 4 heterocycles. The summed E-state index contributed by atoms with van der Waals surface area (Å²) < 4.78 is 17.1. The molecule has 0 amide bonds. The van der Waals surface area contributed by atoms with E-state index < -0.39 is 0 Å². The fraction of sp³-hybridized carbons (Fsp3) is 0.519. The lowest BCUT2D eigenvalue weighted by Crippen LogP contribution is -2.46. The molecule has 7 nitrogen and oxygen atoms in total. The number of nitrogens with zero attached hydrogens (tertiary/aromatic N) is 5. The van der Waals surface area contributed by atoms with Crippen molar-refractivity contribution in [2.45, 2.75) is 69.6 Å². The third-order valence-corrected chi connectivity index (χ3v) is 8.78. The predicted octanol–water partition coefficient (Wildman–Crippen LogP) is 5.43. The van der Waals surface area contributed by atoms with Crippen LogP contribution in [-0.2, 0) is 12.1 Å². The average Bonchev–Trinajstić information content (AvgIpc) is 3.53. The van der Waals surface area contributed by atoms with Crippen molar-refractivity contribution in [1.82, 2.24) is 24.2 Å². The van der Waals surface area contributed by atoms with Crippen molar-refractivity contribution in [2.75, 3.05) is 19.8 Å². The molecular weight excluding hydrogens is 458 g/mol. The second kappa shape index (κ2) is 8.17. The van der Waals surface area contributed by atoms with E-state index >= 15 is 0 Å². The second-order valence-electron chi connectivity index (χ2n) is 10.6. The molecule has 2 saturated carbocycles. The lowest BCUT2D eigenvalue weighted by atomic mass is 9.71. The molecule has 35 heavy (non-hydrogen) atoms. The van der Waals surface area contributed by atoms with Gasteiger partial charge in [-0.05, 0) is 80.2 Å². The standard InChI is InChI=1S/C27H31N5O2S/c1-18-21-13-23-24(34-12-11-33-23)14-22(21)27(8-2-3-9-27)16-30(18)17-31-26(35)32(20-6-7-20)25(29-31)19-5-4-10-28-15-19/h4-5,10,13-15,18,20H,2-3,6-9,11-12,16-17H2,1H3/t18-/m1/s1. The molecule has 2 aliphatic carbocycles. The van der Waals surface area contributed by atoms with Crippen LogP contribution in [0.5, 0.6) is 11.5 Å². The van der Waals surface area contributed by atoms with Gasteiger partial charge in [0.2, 0.25) is 0 Å². The Hall–Kier alpha value is -2.71. The van der Waals surface area contributed by atoms with Crippen LogP contribution in [0.4, 0.5) is 0 Å². The van der Waals surface area contributed by atoms with Crippen LogP contribution in [0.25, 0.3) is 11.4 Å². The van der Waals surface area contributed by atoms with Crippen molar-refractivity contribution in [2.24, 2.45) is 0 Å². The van der Waals surface area contributed by atoms with Gasteiger partial charge in [-0.2, -0.15) is 5.10 Å². The third-order valence-electron chi connectivity index (χ3n) is 8.37. The molecule has 1 atom stereocenters. The van der Waals surface area contributed by atoms with E-state index in [0.29, 0.717) is 25.9 Å². The number of hydrogen-bond donors (Lipinski definition) is 0. The van der Waals surface area contributed by atoms with Gasteiger partial charge < -0.3 is 9.47 Å². The van der Waals surface area contributed by atoms with Gasteiger partial charge in [-0.15, -0.1) is 0 Å². The zero-order chi connectivity index (χ0) is 23.6. The molecular formula is C27H31N5O2S. The first-order valence-corrected chi connectivity index (χ1v) is 13.3. The first-order valence-electron chi connectivity index (χ1n) is 12.9. The normalized spacial score (nSPS) is 22.9. The Morgan fingerprint density at radius 3 is 2.60 bits per heavy atom. The smallest absolute Gasteiger partial charge is 0.199 e. The molecule has 4 aliphatic rings. The summed E-state index contributed by atoms with van der Waals surface area (Å²) in [6, 6.07) is 9.26. The van der Waals surface area contributed by atoms with Gasteiger partial charge >= 0.3 is 0 Å². The highest BCUT2D eigenvalue weighted by Gasteiger charge is 2.45. The fourth-order valence-corrected chi connectivity index (χ4v) is 6.74. The molecule has 8 heteroatoms. The van der Waals surface area contributed by atoms with Crippen molar-refractivity contribution >= 4 is 12.2 Å². The third kappa shape index (κ3) is 3.52. The number of pyridine rings is 1. The molecule has 2 aromatic heterocycles. The Balaban J connectivity index is 1.28. The van der Waals surface area contributed by atoms with Crippen LogP contribution in [0.3, 0.4) is 0 Å². The highest BCUT2D eigenvalue weighted by atomic mass is 32.1. The first-order chi connectivity index (χ1) is 17.1. The summed E-state index contributed by atoms with van der Waals surface area (Å²) in [5.74, 6) is 2.73. The Morgan fingerprint density at radius 2 is 1.89 bits per heavy atom. The molecule has 0 unspecified atom stereocenters. The summed E-state index contributed by atoms with van der Waals surface area (Å²) in [7, 11) is 0.